The molecule has 0 saturated heterocycles. The average molecular weight is 348 g/mol. The number of nitrogens with zero attached hydrogens (tertiary/aromatic N) is 2. The van der Waals surface area contributed by atoms with Crippen LogP contribution in [0.15, 0.2) is 48.5 Å². The fourth-order valence-electron chi connectivity index (χ4n) is 2.69. The summed E-state index contributed by atoms with van der Waals surface area (Å²) in [5, 5.41) is 7.09. The molecular weight excluding hydrogens is 324 g/mol. The van der Waals surface area contributed by atoms with Gasteiger partial charge in [-0.05, 0) is 42.7 Å². The number of benzene rings is 2. The second-order valence-electron chi connectivity index (χ2n) is 6.20. The van der Waals surface area contributed by atoms with Gasteiger partial charge in [-0.1, -0.05) is 44.5 Å². The van der Waals surface area contributed by atoms with E-state index in [1.54, 1.807) is 0 Å². The molecule has 0 aliphatic heterocycles. The molecule has 3 rings (SSSR count). The molecule has 3 aromatic rings. The molecule has 0 fully saturated rings. The van der Waals surface area contributed by atoms with Gasteiger partial charge in [-0.15, -0.1) is 0 Å². The Kier molecular flexibility index (Phi) is 5.79. The van der Waals surface area contributed by atoms with Crippen LogP contribution in [0.25, 0.3) is 10.9 Å². The van der Waals surface area contributed by atoms with Crippen LogP contribution in [0.5, 0.6) is 0 Å². The lowest BCUT2D eigenvalue weighted by molar-refractivity contribution is 0.0943. The summed E-state index contributed by atoms with van der Waals surface area (Å²) < 4.78 is 0. The highest BCUT2D eigenvalue weighted by Gasteiger charge is 2.13. The second-order valence-corrected chi connectivity index (χ2v) is 6.20. The van der Waals surface area contributed by atoms with E-state index in [0.29, 0.717) is 12.4 Å². The van der Waals surface area contributed by atoms with Crippen LogP contribution < -0.4 is 10.6 Å². The Hall–Kier alpha value is -2.95. The van der Waals surface area contributed by atoms with E-state index in [0.717, 1.165) is 35.9 Å². The molecule has 0 spiro atoms. The zero-order chi connectivity index (χ0) is 18.4. The molecule has 5 nitrogen and oxygen atoms in total. The third-order valence-electron chi connectivity index (χ3n) is 4.25. The number of anilines is 2. The van der Waals surface area contributed by atoms with Crippen molar-refractivity contribution < 1.29 is 4.79 Å². The van der Waals surface area contributed by atoms with Crippen molar-refractivity contribution in [2.24, 2.45) is 0 Å². The largest absolute Gasteiger partial charge is 0.349 e. The summed E-state index contributed by atoms with van der Waals surface area (Å²) in [5.41, 5.74) is 2.96. The molecule has 2 aromatic carbocycles. The minimum Gasteiger partial charge on any atom is -0.349 e. The third kappa shape index (κ3) is 4.17. The van der Waals surface area contributed by atoms with Crippen LogP contribution in [-0.4, -0.2) is 22.4 Å². The highest BCUT2D eigenvalue weighted by atomic mass is 16.2. The Bertz CT molecular complexity index is 890. The molecule has 1 heterocycles. The molecular formula is C21H24N4O. The number of carbonyl (C=O) groups is 1. The van der Waals surface area contributed by atoms with E-state index in [9.17, 15) is 4.79 Å². The summed E-state index contributed by atoms with van der Waals surface area (Å²) in [6, 6.07) is 15.9. The lowest BCUT2D eigenvalue weighted by Gasteiger charge is -2.11. The molecule has 0 atom stereocenters. The van der Waals surface area contributed by atoms with E-state index >= 15 is 0 Å². The molecule has 0 saturated carbocycles. The van der Waals surface area contributed by atoms with Gasteiger partial charge in [0.2, 0.25) is 5.82 Å². The Balaban J connectivity index is 1.92. The molecule has 134 valence electrons. The highest BCUT2D eigenvalue weighted by Crippen LogP contribution is 2.24. The van der Waals surface area contributed by atoms with Crippen LogP contribution in [0.2, 0.25) is 0 Å². The number of nitrogens with one attached hydrogen (secondary N) is 2. The Morgan fingerprint density at radius 2 is 1.77 bits per heavy atom. The smallest absolute Gasteiger partial charge is 0.289 e. The monoisotopic (exact) mass is 348 g/mol. The molecule has 0 aliphatic rings. The second kappa shape index (κ2) is 8.43. The normalized spacial score (nSPS) is 10.7. The first kappa shape index (κ1) is 17.9. The molecule has 1 aromatic heterocycles. The number of rotatable bonds is 7. The van der Waals surface area contributed by atoms with Gasteiger partial charge in [0.05, 0.1) is 5.52 Å². The predicted octanol–water partition coefficient (Wildman–Crippen LogP) is 4.47. The van der Waals surface area contributed by atoms with Gasteiger partial charge in [-0.2, -0.15) is 0 Å². The standard InChI is InChI=1S/C21H24N4O/c1-3-5-14-22-21(26)20-24-18-9-7-6-8-17(18)19(25-20)23-16-12-10-15(4-2)11-13-16/h6-13H,3-5,14H2,1-2H3,(H,22,26)(H,23,24,25). The maximum atomic E-state index is 12.4. The molecule has 0 aliphatic carbocycles. The molecule has 2 N–H and O–H groups in total. The average Bonchev–Trinajstić information content (AvgIpc) is 2.68. The van der Waals surface area contributed by atoms with Crippen molar-refractivity contribution in [2.45, 2.75) is 33.1 Å². The Morgan fingerprint density at radius 1 is 1.00 bits per heavy atom. The van der Waals surface area contributed by atoms with Crippen molar-refractivity contribution in [1.82, 2.24) is 15.3 Å². The molecule has 0 unspecified atom stereocenters. The van der Waals surface area contributed by atoms with Crippen LogP contribution in [-0.2, 0) is 6.42 Å². The summed E-state index contributed by atoms with van der Waals surface area (Å²) in [4.78, 5) is 21.3. The van der Waals surface area contributed by atoms with Crippen molar-refractivity contribution >= 4 is 28.3 Å². The topological polar surface area (TPSA) is 66.9 Å². The summed E-state index contributed by atoms with van der Waals surface area (Å²) >= 11 is 0. The number of aryl methyl sites for hydroxylation is 1. The predicted molar refractivity (Wildman–Crippen MR) is 106 cm³/mol. The SMILES string of the molecule is CCCCNC(=O)c1nc(Nc2ccc(CC)cc2)c2ccccc2n1. The quantitative estimate of drug-likeness (QED) is 0.618. The number of para-hydroxylation sites is 1. The van der Waals surface area contributed by atoms with Gasteiger partial charge in [-0.3, -0.25) is 4.79 Å². The van der Waals surface area contributed by atoms with Gasteiger partial charge in [-0.25, -0.2) is 9.97 Å². The maximum absolute atomic E-state index is 12.4. The number of hydrogen-bond acceptors (Lipinski definition) is 4. The van der Waals surface area contributed by atoms with Gasteiger partial charge >= 0.3 is 0 Å². The van der Waals surface area contributed by atoms with Crippen LogP contribution in [0.3, 0.4) is 0 Å². The fraction of sp³-hybridized carbons (Fsp3) is 0.286. The van der Waals surface area contributed by atoms with Crippen molar-refractivity contribution in [3.05, 3.63) is 59.9 Å². The first-order valence-corrected chi connectivity index (χ1v) is 9.12. The van der Waals surface area contributed by atoms with E-state index < -0.39 is 0 Å². The van der Waals surface area contributed by atoms with Crippen molar-refractivity contribution in [2.75, 3.05) is 11.9 Å². The Labute approximate surface area is 153 Å². The summed E-state index contributed by atoms with van der Waals surface area (Å²) in [5.74, 6) is 0.585. The molecule has 0 bridgehead atoms. The van der Waals surface area contributed by atoms with E-state index in [-0.39, 0.29) is 11.7 Å². The minimum absolute atomic E-state index is 0.187. The first-order valence-electron chi connectivity index (χ1n) is 9.12. The van der Waals surface area contributed by atoms with Gasteiger partial charge in [0.25, 0.3) is 5.91 Å². The number of carbonyl (C=O) groups excluding carboxylic acids is 1. The molecule has 1 amide bonds. The number of amides is 1. The van der Waals surface area contributed by atoms with Crippen LogP contribution in [0.1, 0.15) is 42.9 Å². The maximum Gasteiger partial charge on any atom is 0.289 e. The highest BCUT2D eigenvalue weighted by molar-refractivity contribution is 5.97. The number of unbranched alkanes of at least 4 members (excludes halogenated alkanes) is 1. The van der Waals surface area contributed by atoms with Gasteiger partial charge in [0.15, 0.2) is 0 Å². The molecule has 0 radical (unpaired) electrons. The number of hydrogen-bond donors (Lipinski definition) is 2. The Morgan fingerprint density at radius 3 is 2.50 bits per heavy atom. The number of aromatic nitrogens is 2. The zero-order valence-corrected chi connectivity index (χ0v) is 15.2. The van der Waals surface area contributed by atoms with Gasteiger partial charge in [0.1, 0.15) is 5.82 Å². The van der Waals surface area contributed by atoms with Crippen LogP contribution in [0.4, 0.5) is 11.5 Å². The van der Waals surface area contributed by atoms with Crippen LogP contribution in [0, 0.1) is 0 Å². The van der Waals surface area contributed by atoms with Crippen molar-refractivity contribution in [3.63, 3.8) is 0 Å². The van der Waals surface area contributed by atoms with Gasteiger partial charge in [0, 0.05) is 17.6 Å². The zero-order valence-electron chi connectivity index (χ0n) is 15.2. The summed E-state index contributed by atoms with van der Waals surface area (Å²) in [6.45, 7) is 4.85. The van der Waals surface area contributed by atoms with E-state index in [2.05, 4.69) is 46.6 Å². The lowest BCUT2D eigenvalue weighted by atomic mass is 10.1. The first-order chi connectivity index (χ1) is 12.7. The van der Waals surface area contributed by atoms with Gasteiger partial charge < -0.3 is 10.6 Å². The van der Waals surface area contributed by atoms with Crippen LogP contribution >= 0.6 is 0 Å². The number of fused-ring (bicyclic) bond motifs is 1. The third-order valence-corrected chi connectivity index (χ3v) is 4.25. The molecule has 5 heteroatoms. The van der Waals surface area contributed by atoms with Crippen molar-refractivity contribution in [1.29, 1.82) is 0 Å². The lowest BCUT2D eigenvalue weighted by Crippen LogP contribution is -2.26. The van der Waals surface area contributed by atoms with E-state index in [4.69, 9.17) is 0 Å². The summed E-state index contributed by atoms with van der Waals surface area (Å²) in [7, 11) is 0. The fourth-order valence-corrected chi connectivity index (χ4v) is 2.69. The summed E-state index contributed by atoms with van der Waals surface area (Å²) in [6.07, 6.45) is 2.96. The molecule has 26 heavy (non-hydrogen) atoms. The van der Waals surface area contributed by atoms with E-state index in [1.807, 2.05) is 36.4 Å². The van der Waals surface area contributed by atoms with Crippen molar-refractivity contribution in [3.8, 4) is 0 Å². The minimum atomic E-state index is -0.242. The van der Waals surface area contributed by atoms with E-state index in [1.165, 1.54) is 5.56 Å².